The highest BCUT2D eigenvalue weighted by atomic mass is 16.5. The highest BCUT2D eigenvalue weighted by Gasteiger charge is 2.09. The van der Waals surface area contributed by atoms with E-state index in [0.717, 1.165) is 6.20 Å². The number of carbonyl (C=O) groups is 2. The molecule has 2 N–H and O–H groups in total. The van der Waals surface area contributed by atoms with E-state index in [1.54, 1.807) is 43.3 Å². The van der Waals surface area contributed by atoms with Gasteiger partial charge in [0, 0.05) is 11.8 Å². The third-order valence-corrected chi connectivity index (χ3v) is 2.05. The van der Waals surface area contributed by atoms with E-state index >= 15 is 0 Å². The van der Waals surface area contributed by atoms with Crippen molar-refractivity contribution in [2.45, 2.75) is 6.92 Å². The Labute approximate surface area is 110 Å². The van der Waals surface area contributed by atoms with E-state index in [1.165, 1.54) is 0 Å². The Morgan fingerprint density at radius 2 is 2.05 bits per heavy atom. The van der Waals surface area contributed by atoms with E-state index < -0.39 is 5.97 Å². The van der Waals surface area contributed by atoms with Gasteiger partial charge >= 0.3 is 5.97 Å². The van der Waals surface area contributed by atoms with Gasteiger partial charge in [-0.1, -0.05) is 18.2 Å². The summed E-state index contributed by atoms with van der Waals surface area (Å²) in [6, 6.07) is 10.2. The Kier molecular flexibility index (Phi) is 5.63. The first-order valence-electron chi connectivity index (χ1n) is 5.57. The molecule has 6 heteroatoms. The maximum Gasteiger partial charge on any atom is 0.350 e. The second-order valence-electron chi connectivity index (χ2n) is 3.35. The molecule has 0 aliphatic rings. The lowest BCUT2D eigenvalue weighted by atomic mass is 10.2. The molecule has 0 aliphatic carbocycles. The molecule has 0 aromatic heterocycles. The average Bonchev–Trinajstić information content (AvgIpc) is 2.44. The second kappa shape index (κ2) is 7.50. The summed E-state index contributed by atoms with van der Waals surface area (Å²) in [7, 11) is 0. The van der Waals surface area contributed by atoms with E-state index in [9.17, 15) is 9.59 Å². The van der Waals surface area contributed by atoms with Crippen molar-refractivity contribution in [1.29, 1.82) is 5.26 Å². The van der Waals surface area contributed by atoms with Gasteiger partial charge < -0.3 is 10.2 Å². The van der Waals surface area contributed by atoms with Crippen LogP contribution in [-0.2, 0) is 9.53 Å². The van der Waals surface area contributed by atoms with Crippen LogP contribution in [0.25, 0.3) is 0 Å². The molecule has 1 rings (SSSR count). The highest BCUT2D eigenvalue weighted by molar-refractivity contribution is 5.94. The largest absolute Gasteiger partial charge is 0.462 e. The molecule has 19 heavy (non-hydrogen) atoms. The first-order chi connectivity index (χ1) is 9.19. The first-order valence-corrected chi connectivity index (χ1v) is 5.57. The van der Waals surface area contributed by atoms with Crippen molar-refractivity contribution in [2.24, 2.45) is 0 Å². The normalized spacial score (nSPS) is 10.2. The van der Waals surface area contributed by atoms with Gasteiger partial charge in [0.1, 0.15) is 6.07 Å². The van der Waals surface area contributed by atoms with E-state index in [1.807, 2.05) is 0 Å². The molecule has 0 heterocycles. The number of nitriles is 1. The summed E-state index contributed by atoms with van der Waals surface area (Å²) in [5, 5.41) is 8.73. The molecule has 0 bridgehead atoms. The molecule has 0 fully saturated rings. The molecule has 6 nitrogen and oxygen atoms in total. The monoisotopic (exact) mass is 259 g/mol. The third-order valence-electron chi connectivity index (χ3n) is 2.05. The lowest BCUT2D eigenvalue weighted by Gasteiger charge is -2.05. The summed E-state index contributed by atoms with van der Waals surface area (Å²) in [4.78, 5) is 22.9. The lowest BCUT2D eigenvalue weighted by molar-refractivity contribution is -0.138. The van der Waals surface area contributed by atoms with E-state index in [-0.39, 0.29) is 18.1 Å². The van der Waals surface area contributed by atoms with Crippen LogP contribution in [0, 0.1) is 11.3 Å². The standard InChI is InChI=1S/C13H13N3O3/c1-2-19-13(18)11(8-14)9-15-16-12(17)10-6-4-3-5-7-10/h3-7,9,15H,2H2,1H3,(H,16,17)/b11-9-. The number of rotatable bonds is 5. The number of hydrazine groups is 1. The molecule has 0 saturated carbocycles. The smallest absolute Gasteiger partial charge is 0.350 e. The van der Waals surface area contributed by atoms with Gasteiger partial charge in [-0.15, -0.1) is 0 Å². The number of ether oxygens (including phenoxy) is 1. The van der Waals surface area contributed by atoms with E-state index in [2.05, 4.69) is 15.6 Å². The number of amides is 1. The van der Waals surface area contributed by atoms with Crippen LogP contribution in [0.4, 0.5) is 0 Å². The van der Waals surface area contributed by atoms with Gasteiger partial charge in [0.05, 0.1) is 6.61 Å². The fourth-order valence-corrected chi connectivity index (χ4v) is 1.18. The van der Waals surface area contributed by atoms with Crippen LogP contribution in [0.3, 0.4) is 0 Å². The van der Waals surface area contributed by atoms with Crippen molar-refractivity contribution in [2.75, 3.05) is 6.61 Å². The van der Waals surface area contributed by atoms with Crippen LogP contribution in [-0.4, -0.2) is 18.5 Å². The molecular formula is C13H13N3O3. The Hall–Kier alpha value is -2.81. The van der Waals surface area contributed by atoms with E-state index in [0.29, 0.717) is 5.56 Å². The van der Waals surface area contributed by atoms with Crippen molar-refractivity contribution in [3.63, 3.8) is 0 Å². The van der Waals surface area contributed by atoms with E-state index in [4.69, 9.17) is 5.26 Å². The Balaban J connectivity index is 2.55. The molecular weight excluding hydrogens is 246 g/mol. The van der Waals surface area contributed by atoms with Crippen molar-refractivity contribution in [3.05, 3.63) is 47.7 Å². The van der Waals surface area contributed by atoms with Crippen LogP contribution in [0.1, 0.15) is 17.3 Å². The number of benzene rings is 1. The predicted molar refractivity (Wildman–Crippen MR) is 67.4 cm³/mol. The van der Waals surface area contributed by atoms with Gasteiger partial charge in [-0.3, -0.25) is 10.2 Å². The SMILES string of the molecule is CCOC(=O)/C(C#N)=C\NNC(=O)c1ccccc1. The van der Waals surface area contributed by atoms with Gasteiger partial charge in [0.25, 0.3) is 5.91 Å². The van der Waals surface area contributed by atoms with Gasteiger partial charge in [0.2, 0.25) is 0 Å². The first kappa shape index (κ1) is 14.3. The molecule has 1 amide bonds. The molecule has 0 atom stereocenters. The summed E-state index contributed by atoms with van der Waals surface area (Å²) >= 11 is 0. The van der Waals surface area contributed by atoms with Crippen LogP contribution in [0.5, 0.6) is 0 Å². The lowest BCUT2D eigenvalue weighted by Crippen LogP contribution is -2.34. The van der Waals surface area contributed by atoms with Crippen molar-refractivity contribution < 1.29 is 14.3 Å². The van der Waals surface area contributed by atoms with Crippen molar-refractivity contribution in [1.82, 2.24) is 10.9 Å². The minimum absolute atomic E-state index is 0.175. The maximum absolute atomic E-state index is 11.6. The summed E-state index contributed by atoms with van der Waals surface area (Å²) < 4.78 is 4.65. The summed E-state index contributed by atoms with van der Waals surface area (Å²) in [5.74, 6) is -1.12. The zero-order valence-corrected chi connectivity index (χ0v) is 10.3. The van der Waals surface area contributed by atoms with Gasteiger partial charge in [0.15, 0.2) is 5.57 Å². The molecule has 1 aromatic carbocycles. The molecule has 0 unspecified atom stereocenters. The molecule has 98 valence electrons. The fourth-order valence-electron chi connectivity index (χ4n) is 1.18. The van der Waals surface area contributed by atoms with Gasteiger partial charge in [-0.05, 0) is 19.1 Å². The van der Waals surface area contributed by atoms with Crippen LogP contribution >= 0.6 is 0 Å². The summed E-state index contributed by atoms with van der Waals surface area (Å²) in [6.07, 6.45) is 1.08. The molecule has 0 radical (unpaired) electrons. The van der Waals surface area contributed by atoms with Crippen molar-refractivity contribution in [3.8, 4) is 6.07 Å². The second-order valence-corrected chi connectivity index (χ2v) is 3.35. The predicted octanol–water partition coefficient (Wildman–Crippen LogP) is 0.892. The number of nitrogens with one attached hydrogen (secondary N) is 2. The molecule has 0 saturated heterocycles. The number of hydrogen-bond acceptors (Lipinski definition) is 5. The zero-order valence-electron chi connectivity index (χ0n) is 10.3. The minimum atomic E-state index is -0.744. The Bertz CT molecular complexity index is 518. The third kappa shape index (κ3) is 4.52. The Morgan fingerprint density at radius 3 is 2.63 bits per heavy atom. The van der Waals surface area contributed by atoms with Gasteiger partial charge in [-0.2, -0.15) is 5.26 Å². The molecule has 0 aliphatic heterocycles. The summed E-state index contributed by atoms with van der Waals surface area (Å²) in [6.45, 7) is 1.81. The molecule has 1 aromatic rings. The Morgan fingerprint density at radius 1 is 1.37 bits per heavy atom. The van der Waals surface area contributed by atoms with Crippen LogP contribution in [0.2, 0.25) is 0 Å². The van der Waals surface area contributed by atoms with Crippen LogP contribution in [0.15, 0.2) is 42.1 Å². The summed E-state index contributed by atoms with van der Waals surface area (Å²) in [5.41, 5.74) is 4.96. The number of nitrogens with zero attached hydrogens (tertiary/aromatic N) is 1. The topological polar surface area (TPSA) is 91.2 Å². The zero-order chi connectivity index (χ0) is 14.1. The highest BCUT2D eigenvalue weighted by Crippen LogP contribution is 1.97. The fraction of sp³-hybridized carbons (Fsp3) is 0.154. The molecule has 0 spiro atoms. The number of hydrogen-bond donors (Lipinski definition) is 2. The maximum atomic E-state index is 11.6. The number of carbonyl (C=O) groups excluding carboxylic acids is 2. The van der Waals surface area contributed by atoms with Gasteiger partial charge in [-0.25, -0.2) is 4.79 Å². The average molecular weight is 259 g/mol. The minimum Gasteiger partial charge on any atom is -0.462 e. The number of esters is 1. The van der Waals surface area contributed by atoms with Crippen LogP contribution < -0.4 is 10.9 Å². The quantitative estimate of drug-likeness (QED) is 0.354. The van der Waals surface area contributed by atoms with Crippen molar-refractivity contribution >= 4 is 11.9 Å².